The van der Waals surface area contributed by atoms with Gasteiger partial charge in [-0.15, -0.1) is 0 Å². The number of nitrogens with two attached hydrogens (primary N) is 2. The molecule has 0 heterocycles. The minimum absolute atomic E-state index is 0.00901. The molecule has 0 aromatic carbocycles. The number of hydrogen-bond acceptors (Lipinski definition) is 4. The van der Waals surface area contributed by atoms with Crippen LogP contribution < -0.4 is 11.6 Å². The molecule has 4 aliphatic carbocycles. The Bertz CT molecular complexity index is 663. The van der Waals surface area contributed by atoms with E-state index in [0.717, 1.165) is 32.1 Å². The van der Waals surface area contributed by atoms with E-state index >= 15 is 4.39 Å². The van der Waals surface area contributed by atoms with Gasteiger partial charge in [0.05, 0.1) is 6.54 Å². The van der Waals surface area contributed by atoms with Crippen LogP contribution in [-0.4, -0.2) is 23.5 Å². The number of fused-ring (bicyclic) bond motifs is 5. The summed E-state index contributed by atoms with van der Waals surface area (Å²) in [5.41, 5.74) is 6.31. The highest BCUT2D eigenvalue weighted by molar-refractivity contribution is 5.84. The molecular weight excluding hydrogens is 365 g/mol. The zero-order valence-electron chi connectivity index (χ0n) is 18.4. The van der Waals surface area contributed by atoms with Crippen LogP contribution in [0.15, 0.2) is 11.9 Å². The summed E-state index contributed by atoms with van der Waals surface area (Å²) in [6.07, 6.45) is 9.58. The van der Waals surface area contributed by atoms with Crippen LogP contribution in [0, 0.1) is 46.8 Å². The normalized spacial score (nSPS) is 47.1. The first-order valence-electron chi connectivity index (χ1n) is 11.8. The van der Waals surface area contributed by atoms with Gasteiger partial charge in [-0.3, -0.25) is 4.79 Å². The van der Waals surface area contributed by atoms with Crippen molar-refractivity contribution in [2.24, 2.45) is 58.4 Å². The number of Topliss-reactive ketones (excluding diaryl/α,β-unsaturated/α-hetero) is 1. The number of hydrazine groups is 1. The van der Waals surface area contributed by atoms with Crippen molar-refractivity contribution in [3.8, 4) is 0 Å². The van der Waals surface area contributed by atoms with Crippen molar-refractivity contribution in [1.29, 1.82) is 0 Å². The molecule has 4 nitrogen and oxygen atoms in total. The molecule has 0 aromatic heterocycles. The Kier molecular flexibility index (Phi) is 5.73. The van der Waals surface area contributed by atoms with E-state index in [1.54, 1.807) is 13.1 Å². The number of carbonyl (C=O) groups excluding carboxylic acids is 1. The fourth-order valence-corrected chi connectivity index (χ4v) is 8.14. The lowest BCUT2D eigenvalue weighted by molar-refractivity contribution is -0.133. The van der Waals surface area contributed by atoms with E-state index in [9.17, 15) is 4.79 Å². The quantitative estimate of drug-likeness (QED) is 0.537. The van der Waals surface area contributed by atoms with Gasteiger partial charge in [0.15, 0.2) is 5.78 Å². The van der Waals surface area contributed by atoms with Crippen LogP contribution in [0.5, 0.6) is 0 Å². The lowest BCUT2D eigenvalue weighted by Crippen LogP contribution is -2.52. The molecule has 0 amide bonds. The van der Waals surface area contributed by atoms with Gasteiger partial charge in [-0.25, -0.2) is 10.2 Å². The molecule has 0 aliphatic heterocycles. The van der Waals surface area contributed by atoms with Gasteiger partial charge in [-0.05, 0) is 92.8 Å². The number of nitrogens with zero attached hydrogens (tertiary/aromatic N) is 1. The fourth-order valence-electron chi connectivity index (χ4n) is 8.14. The van der Waals surface area contributed by atoms with Crippen molar-refractivity contribution in [1.82, 2.24) is 5.01 Å². The second-order valence-electron chi connectivity index (χ2n) is 11.1. The van der Waals surface area contributed by atoms with Gasteiger partial charge in [0.25, 0.3) is 0 Å². The van der Waals surface area contributed by atoms with E-state index in [4.69, 9.17) is 11.6 Å². The molecule has 0 radical (unpaired) electrons. The molecular formula is C24H40FN3O. The number of alkyl halides is 1. The molecule has 9 unspecified atom stereocenters. The molecule has 0 spiro atoms. The molecule has 4 aliphatic rings. The number of hydrogen-bond donors (Lipinski definition) is 2. The Morgan fingerprint density at radius 2 is 1.83 bits per heavy atom. The first kappa shape index (κ1) is 21.1. The Balaban J connectivity index is 1.49. The van der Waals surface area contributed by atoms with Crippen LogP contribution in [0.3, 0.4) is 0 Å². The zero-order valence-corrected chi connectivity index (χ0v) is 18.4. The van der Waals surface area contributed by atoms with Crippen LogP contribution in [0.2, 0.25) is 0 Å². The summed E-state index contributed by atoms with van der Waals surface area (Å²) < 4.78 is 15.3. The monoisotopic (exact) mass is 405 g/mol. The molecule has 9 atom stereocenters. The van der Waals surface area contributed by atoms with Gasteiger partial charge in [-0.1, -0.05) is 20.3 Å². The smallest absolute Gasteiger partial charge is 0.157 e. The van der Waals surface area contributed by atoms with Gasteiger partial charge in [-0.2, -0.15) is 0 Å². The summed E-state index contributed by atoms with van der Waals surface area (Å²) in [6, 6.07) is 0. The van der Waals surface area contributed by atoms with E-state index in [0.29, 0.717) is 41.2 Å². The summed E-state index contributed by atoms with van der Waals surface area (Å²) in [5, 5.41) is 1.42. The van der Waals surface area contributed by atoms with Crippen molar-refractivity contribution in [3.05, 3.63) is 11.9 Å². The largest absolute Gasteiger partial charge is 0.401 e. The molecule has 5 heteroatoms. The molecule has 4 rings (SSSR count). The molecule has 0 bridgehead atoms. The highest BCUT2D eigenvalue weighted by Crippen LogP contribution is 2.64. The zero-order chi connectivity index (χ0) is 20.9. The summed E-state index contributed by atoms with van der Waals surface area (Å²) in [7, 11) is 0. The van der Waals surface area contributed by atoms with Crippen LogP contribution in [0.25, 0.3) is 0 Å². The van der Waals surface area contributed by atoms with Crippen molar-refractivity contribution in [2.75, 3.05) is 6.54 Å². The van der Waals surface area contributed by atoms with Crippen LogP contribution >= 0.6 is 0 Å². The van der Waals surface area contributed by atoms with Gasteiger partial charge in [0.2, 0.25) is 0 Å². The summed E-state index contributed by atoms with van der Waals surface area (Å²) >= 11 is 0. The Morgan fingerprint density at radius 1 is 1.10 bits per heavy atom. The van der Waals surface area contributed by atoms with E-state index in [1.165, 1.54) is 24.3 Å². The minimum atomic E-state index is -0.640. The third kappa shape index (κ3) is 3.73. The Labute approximate surface area is 175 Å². The molecule has 0 aromatic rings. The maximum Gasteiger partial charge on any atom is 0.157 e. The summed E-state index contributed by atoms with van der Waals surface area (Å²) in [4.78, 5) is 13.1. The predicted octanol–water partition coefficient (Wildman–Crippen LogP) is 4.40. The molecule has 164 valence electrons. The maximum atomic E-state index is 15.3. The lowest BCUT2D eigenvalue weighted by atomic mass is 9.49. The molecule has 0 saturated heterocycles. The van der Waals surface area contributed by atoms with Crippen molar-refractivity contribution in [3.63, 3.8) is 0 Å². The van der Waals surface area contributed by atoms with Gasteiger partial charge in [0, 0.05) is 17.8 Å². The second kappa shape index (κ2) is 7.86. The van der Waals surface area contributed by atoms with Gasteiger partial charge in [0.1, 0.15) is 6.17 Å². The molecule has 4 saturated carbocycles. The van der Waals surface area contributed by atoms with Crippen LogP contribution in [0.4, 0.5) is 4.39 Å². The Hall–Kier alpha value is -1.10. The van der Waals surface area contributed by atoms with Gasteiger partial charge < -0.3 is 10.7 Å². The number of carbonyl (C=O) groups is 1. The van der Waals surface area contributed by atoms with E-state index in [1.807, 2.05) is 0 Å². The SMILES string of the molecule is C/C(N)=C/N(N)CC(=O)C1CCC2C3CC(F)C4CC(C)CCC4C3CCC12C. The van der Waals surface area contributed by atoms with Crippen molar-refractivity contribution < 1.29 is 9.18 Å². The predicted molar refractivity (Wildman–Crippen MR) is 114 cm³/mol. The number of halogens is 1. The number of allylic oxidation sites excluding steroid dienone is 1. The third-order valence-electron chi connectivity index (χ3n) is 9.32. The molecule has 4 N–H and O–H groups in total. The maximum absolute atomic E-state index is 15.3. The Morgan fingerprint density at radius 3 is 2.55 bits per heavy atom. The third-order valence-corrected chi connectivity index (χ3v) is 9.32. The minimum Gasteiger partial charge on any atom is -0.401 e. The van der Waals surface area contributed by atoms with E-state index in [2.05, 4.69) is 13.8 Å². The molecule has 29 heavy (non-hydrogen) atoms. The highest BCUT2D eigenvalue weighted by Gasteiger charge is 2.59. The average molecular weight is 406 g/mol. The summed E-state index contributed by atoms with van der Waals surface area (Å²) in [5.74, 6) is 9.44. The average Bonchev–Trinajstić information content (AvgIpc) is 2.99. The van der Waals surface area contributed by atoms with Gasteiger partial charge >= 0.3 is 0 Å². The highest BCUT2D eigenvalue weighted by atomic mass is 19.1. The second-order valence-corrected chi connectivity index (χ2v) is 11.1. The number of rotatable bonds is 4. The van der Waals surface area contributed by atoms with E-state index in [-0.39, 0.29) is 23.7 Å². The first-order chi connectivity index (χ1) is 13.7. The lowest BCUT2D eigenvalue weighted by Gasteiger charge is -2.57. The van der Waals surface area contributed by atoms with Crippen molar-refractivity contribution >= 4 is 5.78 Å². The first-order valence-corrected chi connectivity index (χ1v) is 11.8. The van der Waals surface area contributed by atoms with Crippen LogP contribution in [0.1, 0.15) is 72.1 Å². The fraction of sp³-hybridized carbons (Fsp3) is 0.875. The van der Waals surface area contributed by atoms with E-state index < -0.39 is 6.17 Å². The standard InChI is InChI=1S/C24H40FN3O/c1-14-4-5-16-17-8-9-24(3)20(18(17)11-22(25)19(16)10-14)6-7-21(24)23(29)13-28(27)12-15(2)26/h12,14,16-22H,4-11,13,26-27H2,1-3H3/b15-12-. The molecule has 4 fully saturated rings. The van der Waals surface area contributed by atoms with Crippen LogP contribution in [-0.2, 0) is 4.79 Å². The topological polar surface area (TPSA) is 72.3 Å². The van der Waals surface area contributed by atoms with Crippen molar-refractivity contribution in [2.45, 2.75) is 78.3 Å². The number of ketones is 1. The summed E-state index contributed by atoms with van der Waals surface area (Å²) in [6.45, 7) is 6.59.